The summed E-state index contributed by atoms with van der Waals surface area (Å²) in [6.45, 7) is 15.1. The Hall–Kier alpha value is -0.300. The second-order valence-corrected chi connectivity index (χ2v) is 12.8. The number of rotatable bonds is 6. The topological polar surface area (TPSA) is 20.2 Å². The van der Waals surface area contributed by atoms with Gasteiger partial charge in [-0.1, -0.05) is 72.5 Å². The van der Waals surface area contributed by atoms with Crippen molar-refractivity contribution in [1.82, 2.24) is 0 Å². The first-order valence-electron chi connectivity index (χ1n) is 13.6. The number of hydrogen-bond acceptors (Lipinski definition) is 1. The lowest BCUT2D eigenvalue weighted by Gasteiger charge is -2.58. The predicted molar refractivity (Wildman–Crippen MR) is 128 cm³/mol. The first-order valence-corrected chi connectivity index (χ1v) is 13.6. The third-order valence-corrected chi connectivity index (χ3v) is 11.5. The maximum atomic E-state index is 10.2. The fourth-order valence-electron chi connectivity index (χ4n) is 9.03. The van der Waals surface area contributed by atoms with Gasteiger partial charge in [-0.25, -0.2) is 0 Å². The van der Waals surface area contributed by atoms with Crippen LogP contribution in [0.25, 0.3) is 0 Å². The summed E-state index contributed by atoms with van der Waals surface area (Å²) < 4.78 is 0. The molecule has 1 N–H and O–H groups in total. The van der Waals surface area contributed by atoms with Gasteiger partial charge in [-0.15, -0.1) is 0 Å². The van der Waals surface area contributed by atoms with Crippen LogP contribution < -0.4 is 0 Å². The molecular formula is C29H50O. The minimum absolute atomic E-state index is 0.0794. The summed E-state index contributed by atoms with van der Waals surface area (Å²) in [6, 6.07) is 0. The summed E-state index contributed by atoms with van der Waals surface area (Å²) in [4.78, 5) is 0. The van der Waals surface area contributed by atoms with Gasteiger partial charge in [0.05, 0.1) is 6.10 Å². The van der Waals surface area contributed by atoms with E-state index >= 15 is 0 Å². The Morgan fingerprint density at radius 2 is 1.73 bits per heavy atom. The smallest absolute Gasteiger partial charge is 0.0577 e. The lowest BCUT2D eigenvalue weighted by Crippen LogP contribution is -2.50. The highest BCUT2D eigenvalue weighted by atomic mass is 16.3. The zero-order chi connectivity index (χ0) is 21.7. The molecule has 0 amide bonds. The summed E-state index contributed by atoms with van der Waals surface area (Å²) in [5.74, 6) is 6.31. The van der Waals surface area contributed by atoms with Crippen LogP contribution in [0.5, 0.6) is 0 Å². The molecule has 3 saturated carbocycles. The third-order valence-electron chi connectivity index (χ3n) is 11.5. The monoisotopic (exact) mass is 414 g/mol. The van der Waals surface area contributed by atoms with Crippen LogP contribution in [0.3, 0.4) is 0 Å². The Labute approximate surface area is 187 Å². The molecular weight excluding hydrogens is 364 g/mol. The minimum atomic E-state index is -0.0794. The van der Waals surface area contributed by atoms with Crippen molar-refractivity contribution in [2.75, 3.05) is 0 Å². The molecule has 10 atom stereocenters. The molecule has 0 heterocycles. The van der Waals surface area contributed by atoms with Crippen molar-refractivity contribution < 1.29 is 5.11 Å². The fourth-order valence-corrected chi connectivity index (χ4v) is 9.03. The van der Waals surface area contributed by atoms with Crippen LogP contribution in [0.2, 0.25) is 0 Å². The Morgan fingerprint density at radius 3 is 2.47 bits per heavy atom. The van der Waals surface area contributed by atoms with Crippen LogP contribution in [0.15, 0.2) is 11.6 Å². The van der Waals surface area contributed by atoms with Gasteiger partial charge in [0.25, 0.3) is 0 Å². The average Bonchev–Trinajstić information content (AvgIpc) is 3.09. The van der Waals surface area contributed by atoms with Gasteiger partial charge in [-0.05, 0) is 104 Å². The van der Waals surface area contributed by atoms with E-state index in [1.165, 1.54) is 57.8 Å². The van der Waals surface area contributed by atoms with Crippen molar-refractivity contribution in [2.24, 2.45) is 52.3 Å². The molecule has 0 aromatic carbocycles. The molecule has 0 radical (unpaired) electrons. The first kappa shape index (κ1) is 22.9. The highest BCUT2D eigenvalue weighted by Gasteiger charge is 2.59. The van der Waals surface area contributed by atoms with E-state index in [-0.39, 0.29) is 6.10 Å². The van der Waals surface area contributed by atoms with Gasteiger partial charge < -0.3 is 5.11 Å². The normalized spacial score (nSPS) is 46.2. The molecule has 0 bridgehead atoms. The molecule has 0 aromatic heterocycles. The first-order chi connectivity index (χ1) is 14.2. The Kier molecular flexibility index (Phi) is 6.53. The third kappa shape index (κ3) is 3.74. The number of fused-ring (bicyclic) bond motifs is 5. The van der Waals surface area contributed by atoms with Crippen molar-refractivity contribution in [3.05, 3.63) is 11.6 Å². The number of allylic oxidation sites excluding steroid dienone is 1. The van der Waals surface area contributed by atoms with E-state index in [1.807, 2.05) is 0 Å². The molecule has 4 aliphatic rings. The molecule has 1 nitrogen and oxygen atoms in total. The van der Waals surface area contributed by atoms with Crippen LogP contribution >= 0.6 is 0 Å². The van der Waals surface area contributed by atoms with Gasteiger partial charge in [0.2, 0.25) is 0 Å². The Morgan fingerprint density at radius 1 is 0.967 bits per heavy atom. The number of aliphatic hydroxyl groups excluding tert-OH is 1. The van der Waals surface area contributed by atoms with Crippen molar-refractivity contribution in [1.29, 1.82) is 0 Å². The molecule has 4 aliphatic carbocycles. The van der Waals surface area contributed by atoms with Crippen LogP contribution in [-0.2, 0) is 0 Å². The van der Waals surface area contributed by atoms with E-state index in [0.29, 0.717) is 10.8 Å². The lowest BCUT2D eigenvalue weighted by atomic mass is 9.47. The molecule has 0 spiro atoms. The maximum Gasteiger partial charge on any atom is 0.0577 e. The lowest BCUT2D eigenvalue weighted by molar-refractivity contribution is -0.0575. The molecule has 0 aliphatic heterocycles. The average molecular weight is 415 g/mol. The van der Waals surface area contributed by atoms with Crippen LogP contribution in [0.1, 0.15) is 112 Å². The largest absolute Gasteiger partial charge is 0.393 e. The second-order valence-electron chi connectivity index (χ2n) is 12.8. The zero-order valence-electron chi connectivity index (χ0n) is 20.9. The van der Waals surface area contributed by atoms with Crippen molar-refractivity contribution >= 4 is 0 Å². The van der Waals surface area contributed by atoms with Gasteiger partial charge in [0, 0.05) is 0 Å². The molecule has 0 aromatic rings. The van der Waals surface area contributed by atoms with Crippen LogP contribution in [0.4, 0.5) is 0 Å². The summed E-state index contributed by atoms with van der Waals surface area (Å²) in [5, 5.41) is 10.2. The molecule has 172 valence electrons. The molecule has 30 heavy (non-hydrogen) atoms. The van der Waals surface area contributed by atoms with Gasteiger partial charge in [-0.2, -0.15) is 0 Å². The van der Waals surface area contributed by atoms with Crippen LogP contribution in [0, 0.1) is 52.3 Å². The summed E-state index contributed by atoms with van der Waals surface area (Å²) in [5.41, 5.74) is 2.59. The van der Waals surface area contributed by atoms with E-state index in [4.69, 9.17) is 0 Å². The minimum Gasteiger partial charge on any atom is -0.393 e. The van der Waals surface area contributed by atoms with Gasteiger partial charge in [-0.3, -0.25) is 0 Å². The Balaban J connectivity index is 1.46. The zero-order valence-corrected chi connectivity index (χ0v) is 20.9. The van der Waals surface area contributed by atoms with Crippen molar-refractivity contribution in [2.45, 2.75) is 118 Å². The number of aliphatic hydroxyl groups is 1. The highest BCUT2D eigenvalue weighted by molar-refractivity contribution is 5.25. The van der Waals surface area contributed by atoms with Gasteiger partial charge in [0.1, 0.15) is 0 Å². The standard InChI is InChI=1S/C29H50O/c1-7-19(2)20(3)8-9-21(4)25-12-13-26-24-11-10-22-18-23(30)14-16-28(22,5)27(24)15-17-29(25,26)6/h10,19-21,23-27,30H,7-9,11-18H2,1-6H3/t19-,20+,21+,23-,24-,25+,26-,27-,28-,29+/m0/s1. The molecule has 4 rings (SSSR count). The van der Waals surface area contributed by atoms with E-state index in [9.17, 15) is 5.11 Å². The quantitative estimate of drug-likeness (QED) is 0.436. The summed E-state index contributed by atoms with van der Waals surface area (Å²) in [6.07, 6.45) is 17.1. The van der Waals surface area contributed by atoms with Crippen LogP contribution in [-0.4, -0.2) is 11.2 Å². The van der Waals surface area contributed by atoms with Crippen molar-refractivity contribution in [3.8, 4) is 0 Å². The summed E-state index contributed by atoms with van der Waals surface area (Å²) >= 11 is 0. The molecule has 1 heteroatoms. The Bertz CT molecular complexity index is 636. The highest BCUT2D eigenvalue weighted by Crippen LogP contribution is 2.67. The van der Waals surface area contributed by atoms with Gasteiger partial charge >= 0.3 is 0 Å². The SMILES string of the molecule is CC[C@H](C)[C@H](C)CC[C@@H](C)[C@H]1CC[C@H]2[C@@H]3CC=C4C[C@@H](O)CC[C@]4(C)[C@H]3CC[C@]12C. The summed E-state index contributed by atoms with van der Waals surface area (Å²) in [7, 11) is 0. The molecule has 0 unspecified atom stereocenters. The van der Waals surface area contributed by atoms with Crippen molar-refractivity contribution in [3.63, 3.8) is 0 Å². The van der Waals surface area contributed by atoms with Gasteiger partial charge in [0.15, 0.2) is 0 Å². The molecule has 0 saturated heterocycles. The maximum absolute atomic E-state index is 10.2. The van der Waals surface area contributed by atoms with E-state index in [1.54, 1.807) is 5.57 Å². The predicted octanol–water partition coefficient (Wildman–Crippen LogP) is 8.02. The van der Waals surface area contributed by atoms with E-state index < -0.39 is 0 Å². The second kappa shape index (κ2) is 8.57. The fraction of sp³-hybridized carbons (Fsp3) is 0.931. The van der Waals surface area contributed by atoms with E-state index in [0.717, 1.165) is 54.3 Å². The molecule has 3 fully saturated rings. The van der Waals surface area contributed by atoms with E-state index in [2.05, 4.69) is 47.6 Å². The number of hydrogen-bond donors (Lipinski definition) is 1.